The highest BCUT2D eigenvalue weighted by Crippen LogP contribution is 2.34. The van der Waals surface area contributed by atoms with Crippen molar-refractivity contribution in [1.29, 1.82) is 5.26 Å². The van der Waals surface area contributed by atoms with Crippen molar-refractivity contribution in [2.75, 3.05) is 13.2 Å². The molecule has 0 fully saturated rings. The molecule has 1 aliphatic rings. The molecule has 1 aromatic heterocycles. The second-order valence-corrected chi connectivity index (χ2v) is 5.66. The number of thioether (sulfide) groups is 1. The fourth-order valence-corrected chi connectivity index (χ4v) is 2.89. The molecule has 0 unspecified atom stereocenters. The Bertz CT molecular complexity index is 682. The van der Waals surface area contributed by atoms with E-state index in [1.54, 1.807) is 18.0 Å². The molecule has 0 N–H and O–H groups in total. The fraction of sp³-hybridized carbons (Fsp3) is 0.250. The Hall–Kier alpha value is -2.19. The molecule has 1 aromatic carbocycles. The Balaban J connectivity index is 1.70. The monoisotopic (exact) mass is 298 g/mol. The van der Waals surface area contributed by atoms with Crippen molar-refractivity contribution in [3.8, 4) is 17.6 Å². The van der Waals surface area contributed by atoms with Gasteiger partial charge in [-0.2, -0.15) is 5.26 Å². The molecule has 0 spiro atoms. The molecule has 0 saturated heterocycles. The maximum Gasteiger partial charge on any atom is 0.162 e. The molecule has 0 aliphatic carbocycles. The predicted octanol–water partition coefficient (Wildman–Crippen LogP) is 3.41. The molecule has 5 heteroatoms. The summed E-state index contributed by atoms with van der Waals surface area (Å²) in [7, 11) is 0. The van der Waals surface area contributed by atoms with Crippen LogP contribution in [-0.4, -0.2) is 18.2 Å². The molecule has 0 saturated carbocycles. The first kappa shape index (κ1) is 13.8. The van der Waals surface area contributed by atoms with E-state index in [1.807, 2.05) is 30.3 Å². The first-order chi connectivity index (χ1) is 10.3. The molecule has 2 aromatic rings. The average Bonchev–Trinajstić information content (AvgIpc) is 2.78. The van der Waals surface area contributed by atoms with Crippen molar-refractivity contribution in [3.63, 3.8) is 0 Å². The summed E-state index contributed by atoms with van der Waals surface area (Å²) in [5.41, 5.74) is 1.53. The van der Waals surface area contributed by atoms with E-state index in [9.17, 15) is 0 Å². The van der Waals surface area contributed by atoms with Gasteiger partial charge in [-0.25, -0.2) is 4.98 Å². The topological polar surface area (TPSA) is 55.1 Å². The number of hydrogen-bond acceptors (Lipinski definition) is 5. The van der Waals surface area contributed by atoms with Gasteiger partial charge in [-0.3, -0.25) is 0 Å². The lowest BCUT2D eigenvalue weighted by molar-refractivity contribution is 0.297. The summed E-state index contributed by atoms with van der Waals surface area (Å²) in [6.45, 7) is 1.39. The number of hydrogen-bond donors (Lipinski definition) is 0. The van der Waals surface area contributed by atoms with Gasteiger partial charge in [-0.05, 0) is 35.9 Å². The van der Waals surface area contributed by atoms with Gasteiger partial charge in [-0.15, -0.1) is 11.8 Å². The lowest BCUT2D eigenvalue weighted by atomic mass is 10.2. The van der Waals surface area contributed by atoms with E-state index in [1.165, 1.54) is 0 Å². The van der Waals surface area contributed by atoms with Crippen LogP contribution in [-0.2, 0) is 5.75 Å². The van der Waals surface area contributed by atoms with Crippen molar-refractivity contribution >= 4 is 11.8 Å². The lowest BCUT2D eigenvalue weighted by Gasteiger charge is -2.09. The number of aromatic nitrogens is 1. The van der Waals surface area contributed by atoms with Gasteiger partial charge < -0.3 is 9.47 Å². The Morgan fingerprint density at radius 1 is 1.14 bits per heavy atom. The Kier molecular flexibility index (Phi) is 4.27. The zero-order valence-corrected chi connectivity index (χ0v) is 12.2. The van der Waals surface area contributed by atoms with Gasteiger partial charge in [0.25, 0.3) is 0 Å². The maximum atomic E-state index is 8.86. The van der Waals surface area contributed by atoms with Gasteiger partial charge >= 0.3 is 0 Å². The SMILES string of the molecule is N#Cc1cc(CSc2ccc3c(c2)OCCCO3)ccn1. The lowest BCUT2D eigenvalue weighted by Crippen LogP contribution is -1.97. The van der Waals surface area contributed by atoms with E-state index in [0.717, 1.165) is 34.1 Å². The van der Waals surface area contributed by atoms with Crippen LogP contribution >= 0.6 is 11.8 Å². The molecule has 0 radical (unpaired) electrons. The zero-order chi connectivity index (χ0) is 14.5. The van der Waals surface area contributed by atoms with Crippen LogP contribution < -0.4 is 9.47 Å². The number of benzene rings is 1. The van der Waals surface area contributed by atoms with Gasteiger partial charge in [0.1, 0.15) is 11.8 Å². The Morgan fingerprint density at radius 3 is 2.86 bits per heavy atom. The third-order valence-electron chi connectivity index (χ3n) is 3.06. The zero-order valence-electron chi connectivity index (χ0n) is 11.4. The number of pyridine rings is 1. The molecule has 0 atom stereocenters. The van der Waals surface area contributed by atoms with Gasteiger partial charge in [0.2, 0.25) is 0 Å². The van der Waals surface area contributed by atoms with Crippen molar-refractivity contribution in [1.82, 2.24) is 4.98 Å². The predicted molar refractivity (Wildman–Crippen MR) is 80.6 cm³/mol. The molecular formula is C16H14N2O2S. The van der Waals surface area contributed by atoms with Crippen molar-refractivity contribution < 1.29 is 9.47 Å². The van der Waals surface area contributed by atoms with Gasteiger partial charge in [0, 0.05) is 23.3 Å². The quantitative estimate of drug-likeness (QED) is 0.813. The van der Waals surface area contributed by atoms with Gasteiger partial charge in [0.05, 0.1) is 13.2 Å². The normalized spacial score (nSPS) is 13.3. The van der Waals surface area contributed by atoms with Crippen LogP contribution in [0.15, 0.2) is 41.4 Å². The largest absolute Gasteiger partial charge is 0.490 e. The smallest absolute Gasteiger partial charge is 0.162 e. The van der Waals surface area contributed by atoms with E-state index >= 15 is 0 Å². The highest BCUT2D eigenvalue weighted by Gasteiger charge is 2.10. The molecule has 0 bridgehead atoms. The summed E-state index contributed by atoms with van der Waals surface area (Å²) in [6, 6.07) is 11.8. The summed E-state index contributed by atoms with van der Waals surface area (Å²) in [4.78, 5) is 5.09. The molecule has 1 aliphatic heterocycles. The number of ether oxygens (including phenoxy) is 2. The summed E-state index contributed by atoms with van der Waals surface area (Å²) in [5, 5.41) is 8.86. The standard InChI is InChI=1S/C16H14N2O2S/c17-10-13-8-12(4-5-18-13)11-21-14-2-3-15-16(9-14)20-7-1-6-19-15/h2-5,8-9H,1,6-7,11H2. The number of nitrogens with zero attached hydrogens (tertiary/aromatic N) is 2. The van der Waals surface area contributed by atoms with Gasteiger partial charge in [0.15, 0.2) is 11.5 Å². The maximum absolute atomic E-state index is 8.86. The van der Waals surface area contributed by atoms with E-state index in [2.05, 4.69) is 11.1 Å². The fourth-order valence-electron chi connectivity index (χ4n) is 2.03. The van der Waals surface area contributed by atoms with Crippen LogP contribution in [0.1, 0.15) is 17.7 Å². The van der Waals surface area contributed by atoms with E-state index in [4.69, 9.17) is 14.7 Å². The van der Waals surface area contributed by atoms with Crippen LogP contribution in [0.2, 0.25) is 0 Å². The Morgan fingerprint density at radius 2 is 2.00 bits per heavy atom. The minimum Gasteiger partial charge on any atom is -0.490 e. The third kappa shape index (κ3) is 3.47. The van der Waals surface area contributed by atoms with Crippen molar-refractivity contribution in [3.05, 3.63) is 47.8 Å². The molecule has 21 heavy (non-hydrogen) atoms. The molecule has 3 rings (SSSR count). The van der Waals surface area contributed by atoms with Crippen LogP contribution in [0.3, 0.4) is 0 Å². The molecule has 0 amide bonds. The third-order valence-corrected chi connectivity index (χ3v) is 4.13. The minimum atomic E-state index is 0.451. The molecule has 4 nitrogen and oxygen atoms in total. The van der Waals surface area contributed by atoms with Gasteiger partial charge in [-0.1, -0.05) is 0 Å². The van der Waals surface area contributed by atoms with Crippen molar-refractivity contribution in [2.24, 2.45) is 0 Å². The Labute approximate surface area is 127 Å². The average molecular weight is 298 g/mol. The number of fused-ring (bicyclic) bond motifs is 1. The highest BCUT2D eigenvalue weighted by atomic mass is 32.2. The first-order valence-electron chi connectivity index (χ1n) is 6.72. The summed E-state index contributed by atoms with van der Waals surface area (Å²) in [6.07, 6.45) is 2.58. The van der Waals surface area contributed by atoms with Crippen molar-refractivity contribution in [2.45, 2.75) is 17.1 Å². The van der Waals surface area contributed by atoms with E-state index in [0.29, 0.717) is 18.9 Å². The summed E-state index contributed by atoms with van der Waals surface area (Å²) < 4.78 is 11.3. The molecular weight excluding hydrogens is 284 g/mol. The number of rotatable bonds is 3. The molecule has 2 heterocycles. The molecule has 106 valence electrons. The second-order valence-electron chi connectivity index (χ2n) is 4.61. The summed E-state index contributed by atoms with van der Waals surface area (Å²) in [5.74, 6) is 2.41. The highest BCUT2D eigenvalue weighted by molar-refractivity contribution is 7.98. The van der Waals surface area contributed by atoms with Crippen LogP contribution in [0.4, 0.5) is 0 Å². The second kappa shape index (κ2) is 6.51. The van der Waals surface area contributed by atoms with Crippen LogP contribution in [0.5, 0.6) is 11.5 Å². The van der Waals surface area contributed by atoms with Crippen LogP contribution in [0, 0.1) is 11.3 Å². The summed E-state index contributed by atoms with van der Waals surface area (Å²) >= 11 is 1.70. The first-order valence-corrected chi connectivity index (χ1v) is 7.71. The van der Waals surface area contributed by atoms with E-state index in [-0.39, 0.29) is 0 Å². The number of nitriles is 1. The van der Waals surface area contributed by atoms with Crippen LogP contribution in [0.25, 0.3) is 0 Å². The van der Waals surface area contributed by atoms with E-state index < -0.39 is 0 Å². The minimum absolute atomic E-state index is 0.451.